The number of nitrogens with two attached hydrogens (primary N) is 1. The number of hydrogen-bond acceptors (Lipinski definition) is 2. The average molecular weight is 151 g/mol. The van der Waals surface area contributed by atoms with Gasteiger partial charge in [-0.1, -0.05) is 0 Å². The molecule has 0 saturated heterocycles. The van der Waals surface area contributed by atoms with Gasteiger partial charge >= 0.3 is 0 Å². The topological polar surface area (TPSA) is 35.2 Å². The maximum absolute atomic E-state index is 12.2. The van der Waals surface area contributed by atoms with Crippen LogP contribution < -0.4 is 5.90 Å². The zero-order chi connectivity index (χ0) is 7.78. The fourth-order valence-electron chi connectivity index (χ4n) is 1.15. The zero-order valence-corrected chi connectivity index (χ0v) is 5.81. The predicted octanol–water partition coefficient (Wildman–Crippen LogP) is 1.31. The number of alkyl halides is 2. The molecule has 1 unspecified atom stereocenters. The molecule has 0 radical (unpaired) electrons. The molecule has 0 aromatic heterocycles. The van der Waals surface area contributed by atoms with Gasteiger partial charge in [0.2, 0.25) is 5.92 Å². The first-order valence-electron chi connectivity index (χ1n) is 3.28. The Morgan fingerprint density at radius 3 is 2.40 bits per heavy atom. The van der Waals surface area contributed by atoms with E-state index < -0.39 is 5.92 Å². The average Bonchev–Trinajstić information content (AvgIpc) is 1.81. The summed E-state index contributed by atoms with van der Waals surface area (Å²) in [6.07, 6.45) is -0.392. The van der Waals surface area contributed by atoms with Crippen LogP contribution in [0.5, 0.6) is 0 Å². The largest absolute Gasteiger partial charge is 0.301 e. The Hall–Kier alpha value is -0.220. The molecule has 1 saturated carbocycles. The lowest BCUT2D eigenvalue weighted by atomic mass is 9.78. The van der Waals surface area contributed by atoms with Gasteiger partial charge in [-0.05, 0) is 12.8 Å². The number of rotatable bonds is 2. The van der Waals surface area contributed by atoms with Gasteiger partial charge in [-0.25, -0.2) is 14.7 Å². The van der Waals surface area contributed by atoms with E-state index in [1.807, 2.05) is 0 Å². The highest BCUT2D eigenvalue weighted by Gasteiger charge is 2.47. The highest BCUT2D eigenvalue weighted by molar-refractivity contribution is 4.88. The molecule has 0 bridgehead atoms. The van der Waals surface area contributed by atoms with Crippen molar-refractivity contribution in [3.63, 3.8) is 0 Å². The Balaban J connectivity index is 2.26. The van der Waals surface area contributed by atoms with Crippen molar-refractivity contribution in [1.82, 2.24) is 0 Å². The van der Waals surface area contributed by atoms with E-state index >= 15 is 0 Å². The zero-order valence-electron chi connectivity index (χ0n) is 5.81. The van der Waals surface area contributed by atoms with Crippen LogP contribution in [-0.4, -0.2) is 12.0 Å². The first-order chi connectivity index (χ1) is 4.55. The summed E-state index contributed by atoms with van der Waals surface area (Å²) < 4.78 is 24.4. The molecular formula is C6H11F2NO. The Morgan fingerprint density at radius 1 is 1.60 bits per heavy atom. The molecule has 60 valence electrons. The fourth-order valence-corrected chi connectivity index (χ4v) is 1.15. The van der Waals surface area contributed by atoms with Crippen molar-refractivity contribution in [2.75, 3.05) is 0 Å². The van der Waals surface area contributed by atoms with Crippen LogP contribution in [0.2, 0.25) is 0 Å². The Labute approximate surface area is 58.3 Å². The van der Waals surface area contributed by atoms with Crippen LogP contribution in [0.4, 0.5) is 8.78 Å². The quantitative estimate of drug-likeness (QED) is 0.604. The molecule has 0 aliphatic heterocycles. The molecule has 1 rings (SSSR count). The maximum Gasteiger partial charge on any atom is 0.248 e. The van der Waals surface area contributed by atoms with Gasteiger partial charge in [-0.15, -0.1) is 0 Å². The summed E-state index contributed by atoms with van der Waals surface area (Å²) >= 11 is 0. The molecule has 1 aliphatic carbocycles. The third kappa shape index (κ3) is 1.44. The Bertz CT molecular complexity index is 121. The van der Waals surface area contributed by atoms with Crippen molar-refractivity contribution < 1.29 is 13.6 Å². The summed E-state index contributed by atoms with van der Waals surface area (Å²) in [5, 5.41) is 0. The van der Waals surface area contributed by atoms with Crippen LogP contribution in [0, 0.1) is 5.92 Å². The summed E-state index contributed by atoms with van der Waals surface area (Å²) in [7, 11) is 0. The van der Waals surface area contributed by atoms with Gasteiger partial charge in [0.15, 0.2) is 0 Å². The molecule has 0 aromatic rings. The number of hydrogen-bond donors (Lipinski definition) is 1. The van der Waals surface area contributed by atoms with E-state index in [1.54, 1.807) is 6.92 Å². The standard InChI is InChI=1S/C6H11F2NO/c1-4(10-9)5-2-6(7,8)3-5/h4-5H,2-3,9H2,1H3. The Morgan fingerprint density at radius 2 is 2.10 bits per heavy atom. The van der Waals surface area contributed by atoms with Crippen LogP contribution in [0.15, 0.2) is 0 Å². The molecule has 10 heavy (non-hydrogen) atoms. The van der Waals surface area contributed by atoms with Crippen molar-refractivity contribution in [2.24, 2.45) is 11.8 Å². The summed E-state index contributed by atoms with van der Waals surface area (Å²) in [5.41, 5.74) is 0. The lowest BCUT2D eigenvalue weighted by Gasteiger charge is -2.37. The third-order valence-electron chi connectivity index (χ3n) is 2.00. The smallest absolute Gasteiger partial charge is 0.248 e. The number of halogens is 2. The minimum atomic E-state index is -2.46. The van der Waals surface area contributed by atoms with Crippen molar-refractivity contribution >= 4 is 0 Å². The summed E-state index contributed by atoms with van der Waals surface area (Å²) in [4.78, 5) is 4.41. The van der Waals surface area contributed by atoms with Crippen LogP contribution in [-0.2, 0) is 4.84 Å². The third-order valence-corrected chi connectivity index (χ3v) is 2.00. The van der Waals surface area contributed by atoms with E-state index in [0.29, 0.717) is 0 Å². The molecule has 2 nitrogen and oxygen atoms in total. The van der Waals surface area contributed by atoms with Gasteiger partial charge < -0.3 is 4.84 Å². The fraction of sp³-hybridized carbons (Fsp3) is 1.00. The van der Waals surface area contributed by atoms with Crippen LogP contribution >= 0.6 is 0 Å². The van der Waals surface area contributed by atoms with Crippen molar-refractivity contribution in [3.8, 4) is 0 Å². The Kier molecular flexibility index (Phi) is 1.92. The normalized spacial score (nSPS) is 27.6. The molecule has 4 heteroatoms. The highest BCUT2D eigenvalue weighted by Crippen LogP contribution is 2.44. The van der Waals surface area contributed by atoms with Gasteiger partial charge in [0.25, 0.3) is 0 Å². The summed E-state index contributed by atoms with van der Waals surface area (Å²) in [6, 6.07) is 0. The van der Waals surface area contributed by atoms with Crippen LogP contribution in [0.1, 0.15) is 19.8 Å². The highest BCUT2D eigenvalue weighted by atomic mass is 19.3. The van der Waals surface area contributed by atoms with Gasteiger partial charge in [0, 0.05) is 12.8 Å². The van der Waals surface area contributed by atoms with E-state index in [2.05, 4.69) is 4.84 Å². The van der Waals surface area contributed by atoms with Crippen molar-refractivity contribution in [1.29, 1.82) is 0 Å². The second-order valence-corrected chi connectivity index (χ2v) is 2.87. The predicted molar refractivity (Wildman–Crippen MR) is 32.4 cm³/mol. The molecule has 1 atom stereocenters. The lowest BCUT2D eigenvalue weighted by molar-refractivity contribution is -0.149. The molecule has 1 aliphatic rings. The minimum Gasteiger partial charge on any atom is -0.301 e. The second kappa shape index (κ2) is 2.43. The first-order valence-corrected chi connectivity index (χ1v) is 3.28. The van der Waals surface area contributed by atoms with E-state index in [0.717, 1.165) is 0 Å². The molecule has 0 heterocycles. The molecule has 1 fully saturated rings. The van der Waals surface area contributed by atoms with Gasteiger partial charge in [-0.2, -0.15) is 0 Å². The summed E-state index contributed by atoms with van der Waals surface area (Å²) in [5.74, 6) is 2.31. The van der Waals surface area contributed by atoms with Crippen molar-refractivity contribution in [3.05, 3.63) is 0 Å². The lowest BCUT2D eigenvalue weighted by Crippen LogP contribution is -2.42. The maximum atomic E-state index is 12.2. The van der Waals surface area contributed by atoms with E-state index in [1.165, 1.54) is 0 Å². The van der Waals surface area contributed by atoms with Gasteiger partial charge in [-0.3, -0.25) is 0 Å². The minimum absolute atomic E-state index is 0.0556. The molecule has 0 amide bonds. The van der Waals surface area contributed by atoms with E-state index in [-0.39, 0.29) is 24.9 Å². The van der Waals surface area contributed by atoms with Crippen LogP contribution in [0.25, 0.3) is 0 Å². The molecule has 0 spiro atoms. The van der Waals surface area contributed by atoms with Gasteiger partial charge in [0.05, 0.1) is 6.10 Å². The summed E-state index contributed by atoms with van der Waals surface area (Å²) in [6.45, 7) is 1.71. The second-order valence-electron chi connectivity index (χ2n) is 2.87. The molecular weight excluding hydrogens is 140 g/mol. The van der Waals surface area contributed by atoms with Crippen LogP contribution in [0.3, 0.4) is 0 Å². The molecule has 0 aromatic carbocycles. The van der Waals surface area contributed by atoms with E-state index in [4.69, 9.17) is 5.90 Å². The van der Waals surface area contributed by atoms with Crippen molar-refractivity contribution in [2.45, 2.75) is 31.8 Å². The first kappa shape index (κ1) is 7.88. The monoisotopic (exact) mass is 151 g/mol. The molecule has 2 N–H and O–H groups in total. The van der Waals surface area contributed by atoms with E-state index in [9.17, 15) is 8.78 Å². The SMILES string of the molecule is CC(ON)C1CC(F)(F)C1. The van der Waals surface area contributed by atoms with Gasteiger partial charge in [0.1, 0.15) is 0 Å².